The standard InChI is InChI=1S/C18H21N7O2/c1-4-27-17(26)25-15-10-12(2)19-18(15,3)11-14(21-25)16-20-22-23-24(16)13-8-6-5-7-9-13/h5-9,15H,4,10-11H2,1-3H3. The highest BCUT2D eigenvalue weighted by molar-refractivity contribution is 6.01. The van der Waals surface area contributed by atoms with Crippen molar-refractivity contribution in [1.82, 2.24) is 25.2 Å². The quantitative estimate of drug-likeness (QED) is 0.828. The Kier molecular flexibility index (Phi) is 4.21. The summed E-state index contributed by atoms with van der Waals surface area (Å²) in [4.78, 5) is 17.4. The van der Waals surface area contributed by atoms with Gasteiger partial charge < -0.3 is 4.74 Å². The van der Waals surface area contributed by atoms with E-state index >= 15 is 0 Å². The first-order chi connectivity index (χ1) is 13.0. The van der Waals surface area contributed by atoms with Gasteiger partial charge in [-0.3, -0.25) is 4.99 Å². The molecular formula is C18H21N7O2. The second-order valence-electron chi connectivity index (χ2n) is 6.94. The second-order valence-corrected chi connectivity index (χ2v) is 6.94. The number of aromatic nitrogens is 4. The Morgan fingerprint density at radius 3 is 2.85 bits per heavy atom. The minimum Gasteiger partial charge on any atom is -0.448 e. The predicted molar refractivity (Wildman–Crippen MR) is 99.1 cm³/mol. The van der Waals surface area contributed by atoms with E-state index in [1.807, 2.05) is 44.2 Å². The fourth-order valence-corrected chi connectivity index (χ4v) is 3.73. The number of carbonyl (C=O) groups excluding carboxylic acids is 1. The molecule has 1 aromatic carbocycles. The van der Waals surface area contributed by atoms with E-state index in [1.54, 1.807) is 11.6 Å². The molecule has 0 fully saturated rings. The highest BCUT2D eigenvalue weighted by Crippen LogP contribution is 2.38. The van der Waals surface area contributed by atoms with E-state index in [-0.39, 0.29) is 12.6 Å². The van der Waals surface area contributed by atoms with E-state index in [1.165, 1.54) is 5.01 Å². The van der Waals surface area contributed by atoms with Crippen LogP contribution in [0.2, 0.25) is 0 Å². The lowest BCUT2D eigenvalue weighted by molar-refractivity contribution is 0.0738. The van der Waals surface area contributed by atoms with Crippen molar-refractivity contribution in [3.63, 3.8) is 0 Å². The van der Waals surface area contributed by atoms with Gasteiger partial charge in [-0.15, -0.1) is 5.10 Å². The van der Waals surface area contributed by atoms with Crippen LogP contribution < -0.4 is 0 Å². The maximum absolute atomic E-state index is 12.5. The zero-order valence-corrected chi connectivity index (χ0v) is 15.5. The van der Waals surface area contributed by atoms with E-state index in [0.29, 0.717) is 24.4 Å². The van der Waals surface area contributed by atoms with Crippen molar-refractivity contribution < 1.29 is 9.53 Å². The Balaban J connectivity index is 1.78. The van der Waals surface area contributed by atoms with Gasteiger partial charge in [-0.05, 0) is 43.3 Å². The molecule has 27 heavy (non-hydrogen) atoms. The Morgan fingerprint density at radius 1 is 1.33 bits per heavy atom. The molecule has 2 unspecified atom stereocenters. The summed E-state index contributed by atoms with van der Waals surface area (Å²) >= 11 is 0. The number of hydrazone groups is 1. The van der Waals surface area contributed by atoms with Gasteiger partial charge >= 0.3 is 6.09 Å². The number of carbonyl (C=O) groups is 1. The van der Waals surface area contributed by atoms with Crippen molar-refractivity contribution in [2.75, 3.05) is 6.61 Å². The van der Waals surface area contributed by atoms with Crippen LogP contribution in [0.5, 0.6) is 0 Å². The van der Waals surface area contributed by atoms with Gasteiger partial charge in [0.05, 0.1) is 23.9 Å². The average molecular weight is 367 g/mol. The average Bonchev–Trinajstić information content (AvgIpc) is 3.24. The number of hydrogen-bond acceptors (Lipinski definition) is 7. The van der Waals surface area contributed by atoms with Gasteiger partial charge in [0.25, 0.3) is 0 Å². The van der Waals surface area contributed by atoms with E-state index < -0.39 is 11.6 Å². The second kappa shape index (κ2) is 6.57. The molecule has 1 aromatic heterocycles. The van der Waals surface area contributed by atoms with Gasteiger partial charge in [0.1, 0.15) is 5.71 Å². The summed E-state index contributed by atoms with van der Waals surface area (Å²) in [5, 5.41) is 18.1. The molecule has 0 saturated heterocycles. The summed E-state index contributed by atoms with van der Waals surface area (Å²) in [5.41, 5.74) is 1.94. The van der Waals surface area contributed by atoms with Crippen LogP contribution in [0.1, 0.15) is 39.4 Å². The molecule has 2 aromatic rings. The van der Waals surface area contributed by atoms with E-state index in [9.17, 15) is 4.79 Å². The molecule has 0 aliphatic carbocycles. The number of fused-ring (bicyclic) bond motifs is 1. The molecule has 0 N–H and O–H groups in total. The summed E-state index contributed by atoms with van der Waals surface area (Å²) < 4.78 is 6.84. The van der Waals surface area contributed by atoms with Crippen molar-refractivity contribution >= 4 is 17.5 Å². The predicted octanol–water partition coefficient (Wildman–Crippen LogP) is 2.22. The number of tetrazole rings is 1. The van der Waals surface area contributed by atoms with Crippen LogP contribution in [-0.2, 0) is 4.74 Å². The topological polar surface area (TPSA) is 97.9 Å². The summed E-state index contributed by atoms with van der Waals surface area (Å²) in [6.45, 7) is 6.07. The Morgan fingerprint density at radius 2 is 2.11 bits per heavy atom. The smallest absolute Gasteiger partial charge is 0.430 e. The van der Waals surface area contributed by atoms with Gasteiger partial charge in [0, 0.05) is 18.6 Å². The number of amides is 1. The zero-order chi connectivity index (χ0) is 19.0. The molecule has 9 heteroatoms. The molecular weight excluding hydrogens is 346 g/mol. The van der Waals surface area contributed by atoms with Crippen LogP contribution in [0.15, 0.2) is 40.4 Å². The molecule has 9 nitrogen and oxygen atoms in total. The molecule has 0 saturated carbocycles. The molecule has 0 bridgehead atoms. The van der Waals surface area contributed by atoms with Crippen LogP contribution in [0.3, 0.4) is 0 Å². The number of para-hydroxylation sites is 1. The summed E-state index contributed by atoms with van der Waals surface area (Å²) in [6.07, 6.45) is 0.739. The highest BCUT2D eigenvalue weighted by atomic mass is 16.6. The van der Waals surface area contributed by atoms with Crippen molar-refractivity contribution in [2.45, 2.75) is 45.2 Å². The van der Waals surface area contributed by atoms with Crippen molar-refractivity contribution in [1.29, 1.82) is 0 Å². The summed E-state index contributed by atoms with van der Waals surface area (Å²) in [7, 11) is 0. The summed E-state index contributed by atoms with van der Waals surface area (Å²) in [5.74, 6) is 0.495. The number of aliphatic imine (C=N–C) groups is 1. The normalized spacial score (nSPS) is 24.3. The number of hydrogen-bond donors (Lipinski definition) is 0. The van der Waals surface area contributed by atoms with Crippen molar-refractivity contribution in [3.05, 3.63) is 36.2 Å². The van der Waals surface area contributed by atoms with Gasteiger partial charge in [-0.1, -0.05) is 18.2 Å². The van der Waals surface area contributed by atoms with Crippen LogP contribution in [0.4, 0.5) is 4.79 Å². The van der Waals surface area contributed by atoms with Crippen LogP contribution in [0.25, 0.3) is 5.69 Å². The molecule has 0 radical (unpaired) electrons. The molecule has 0 spiro atoms. The monoisotopic (exact) mass is 367 g/mol. The Bertz CT molecular complexity index is 921. The lowest BCUT2D eigenvalue weighted by Gasteiger charge is -2.38. The lowest BCUT2D eigenvalue weighted by Crippen LogP contribution is -2.53. The molecule has 2 aliphatic rings. The third-order valence-electron chi connectivity index (χ3n) is 4.89. The first-order valence-electron chi connectivity index (χ1n) is 8.95. The fourth-order valence-electron chi connectivity index (χ4n) is 3.73. The molecule has 3 heterocycles. The number of benzene rings is 1. The Hall–Kier alpha value is -3.10. The summed E-state index contributed by atoms with van der Waals surface area (Å²) in [6, 6.07) is 9.41. The van der Waals surface area contributed by atoms with E-state index in [0.717, 1.165) is 11.4 Å². The molecule has 4 rings (SSSR count). The first-order valence-corrected chi connectivity index (χ1v) is 8.95. The van der Waals surface area contributed by atoms with Crippen molar-refractivity contribution in [3.8, 4) is 5.69 Å². The number of nitrogens with zero attached hydrogens (tertiary/aromatic N) is 7. The lowest BCUT2D eigenvalue weighted by atomic mass is 9.85. The highest BCUT2D eigenvalue weighted by Gasteiger charge is 2.49. The van der Waals surface area contributed by atoms with Gasteiger partial charge in [-0.25, -0.2) is 4.79 Å². The van der Waals surface area contributed by atoms with E-state index in [2.05, 4.69) is 20.6 Å². The fraction of sp³-hybridized carbons (Fsp3) is 0.444. The first kappa shape index (κ1) is 17.3. The maximum atomic E-state index is 12.5. The zero-order valence-electron chi connectivity index (χ0n) is 15.5. The molecule has 140 valence electrons. The minimum atomic E-state index is -0.485. The largest absolute Gasteiger partial charge is 0.448 e. The third-order valence-corrected chi connectivity index (χ3v) is 4.89. The van der Waals surface area contributed by atoms with Gasteiger partial charge in [-0.2, -0.15) is 14.8 Å². The SMILES string of the molecule is CCOC(=O)N1N=C(c2nnnn2-c2ccccc2)CC2(C)N=C(C)CC12. The number of rotatable bonds is 3. The minimum absolute atomic E-state index is 0.165. The van der Waals surface area contributed by atoms with Gasteiger partial charge in [0.15, 0.2) is 0 Å². The van der Waals surface area contributed by atoms with Crippen LogP contribution in [-0.4, -0.2) is 60.9 Å². The molecule has 2 aliphatic heterocycles. The Labute approximate surface area is 156 Å². The van der Waals surface area contributed by atoms with Crippen LogP contribution in [0, 0.1) is 0 Å². The maximum Gasteiger partial charge on any atom is 0.430 e. The van der Waals surface area contributed by atoms with Crippen molar-refractivity contribution in [2.24, 2.45) is 10.1 Å². The third kappa shape index (κ3) is 2.98. The van der Waals surface area contributed by atoms with Gasteiger partial charge in [0.2, 0.25) is 5.82 Å². The molecule has 1 amide bonds. The van der Waals surface area contributed by atoms with Crippen LogP contribution >= 0.6 is 0 Å². The number of ether oxygens (including phenoxy) is 1. The van der Waals surface area contributed by atoms with E-state index in [4.69, 9.17) is 9.73 Å². The molecule has 2 atom stereocenters.